The summed E-state index contributed by atoms with van der Waals surface area (Å²) >= 11 is 0. The van der Waals surface area contributed by atoms with Crippen molar-refractivity contribution in [2.75, 3.05) is 19.6 Å². The first kappa shape index (κ1) is 13.7. The van der Waals surface area contributed by atoms with Crippen LogP contribution < -0.4 is 16.6 Å². The first-order valence-electron chi connectivity index (χ1n) is 6.86. The topological polar surface area (TPSA) is 92.7 Å². The molecule has 110 valence electrons. The molecule has 21 heavy (non-hydrogen) atoms. The molecule has 3 heterocycles. The first-order valence-corrected chi connectivity index (χ1v) is 6.86. The van der Waals surface area contributed by atoms with Crippen molar-refractivity contribution in [2.45, 2.75) is 12.6 Å². The summed E-state index contributed by atoms with van der Waals surface area (Å²) < 4.78 is 1.49. The summed E-state index contributed by atoms with van der Waals surface area (Å²) in [5.74, 6) is -0.361. The molecule has 1 atom stereocenters. The zero-order chi connectivity index (χ0) is 14.8. The molecule has 7 heteroatoms. The Morgan fingerprint density at radius 1 is 1.48 bits per heavy atom. The van der Waals surface area contributed by atoms with Crippen LogP contribution in [0.1, 0.15) is 5.69 Å². The molecule has 0 spiro atoms. The lowest BCUT2D eigenvalue weighted by Gasteiger charge is -2.33. The van der Waals surface area contributed by atoms with E-state index in [-0.39, 0.29) is 17.5 Å². The monoisotopic (exact) mass is 287 g/mol. The Bertz CT molecular complexity index is 727. The van der Waals surface area contributed by atoms with E-state index in [0.29, 0.717) is 31.0 Å². The van der Waals surface area contributed by atoms with Crippen molar-refractivity contribution in [3.63, 3.8) is 0 Å². The van der Waals surface area contributed by atoms with Crippen LogP contribution in [0, 0.1) is 0 Å². The molecule has 0 radical (unpaired) electrons. The number of rotatable bonds is 3. The van der Waals surface area contributed by atoms with Crippen LogP contribution in [0.3, 0.4) is 0 Å². The number of fused-ring (bicyclic) bond motifs is 1. The number of nitrogens with two attached hydrogens (primary N) is 1. The van der Waals surface area contributed by atoms with Gasteiger partial charge in [0.25, 0.3) is 5.56 Å². The highest BCUT2D eigenvalue weighted by molar-refractivity contribution is 5.80. The van der Waals surface area contributed by atoms with Crippen LogP contribution in [0.5, 0.6) is 0 Å². The number of aromatic nitrogens is 2. The number of pyridine rings is 1. The van der Waals surface area contributed by atoms with E-state index in [1.54, 1.807) is 18.3 Å². The van der Waals surface area contributed by atoms with E-state index in [4.69, 9.17) is 5.73 Å². The Morgan fingerprint density at radius 2 is 2.33 bits per heavy atom. The van der Waals surface area contributed by atoms with Gasteiger partial charge in [-0.1, -0.05) is 6.07 Å². The largest absolute Gasteiger partial charge is 0.368 e. The van der Waals surface area contributed by atoms with E-state index < -0.39 is 0 Å². The molecular formula is C14H17N5O2. The average molecular weight is 287 g/mol. The third-order valence-corrected chi connectivity index (χ3v) is 3.67. The molecule has 3 N–H and O–H groups in total. The Labute approximate surface area is 121 Å². The maximum atomic E-state index is 12.1. The molecule has 7 nitrogen and oxygen atoms in total. The Kier molecular flexibility index (Phi) is 3.68. The molecule has 0 bridgehead atoms. The maximum Gasteiger partial charge on any atom is 0.258 e. The second-order valence-electron chi connectivity index (χ2n) is 5.11. The van der Waals surface area contributed by atoms with Gasteiger partial charge in [0.05, 0.1) is 5.69 Å². The van der Waals surface area contributed by atoms with Gasteiger partial charge in [-0.2, -0.15) is 0 Å². The van der Waals surface area contributed by atoms with Crippen molar-refractivity contribution >= 4 is 11.6 Å². The van der Waals surface area contributed by atoms with Gasteiger partial charge in [0, 0.05) is 38.4 Å². The number of nitrogens with zero attached hydrogens (tertiary/aromatic N) is 3. The third kappa shape index (κ3) is 2.79. The molecule has 3 rings (SSSR count). The van der Waals surface area contributed by atoms with Gasteiger partial charge in [0.15, 0.2) is 0 Å². The Hall–Kier alpha value is -2.25. The number of piperazine rings is 1. The fourth-order valence-electron chi connectivity index (χ4n) is 2.61. The lowest BCUT2D eigenvalue weighted by molar-refractivity contribution is -0.124. The summed E-state index contributed by atoms with van der Waals surface area (Å²) in [5.41, 5.74) is 6.56. The van der Waals surface area contributed by atoms with Gasteiger partial charge in [-0.05, 0) is 12.1 Å². The van der Waals surface area contributed by atoms with E-state index >= 15 is 0 Å². The molecule has 2 aromatic rings. The Balaban J connectivity index is 1.90. The summed E-state index contributed by atoms with van der Waals surface area (Å²) in [6, 6.07) is 6.55. The average Bonchev–Trinajstić information content (AvgIpc) is 2.47. The van der Waals surface area contributed by atoms with Gasteiger partial charge in [0.2, 0.25) is 5.91 Å². The fourth-order valence-corrected chi connectivity index (χ4v) is 2.61. The summed E-state index contributed by atoms with van der Waals surface area (Å²) in [5, 5.41) is 3.14. The lowest BCUT2D eigenvalue weighted by atomic mass is 10.1. The molecule has 0 aromatic carbocycles. The van der Waals surface area contributed by atoms with E-state index in [1.807, 2.05) is 11.0 Å². The first-order chi connectivity index (χ1) is 10.1. The molecule has 1 unspecified atom stereocenters. The standard InChI is InChI=1S/C14H17N5O2/c15-14(21)11-8-16-4-6-18(11)9-10-7-13(20)19-5-2-1-3-12(19)17-10/h1-3,5,7,11,16H,4,6,8-9H2,(H2,15,21). The maximum absolute atomic E-state index is 12.1. The zero-order valence-electron chi connectivity index (χ0n) is 11.5. The van der Waals surface area contributed by atoms with E-state index in [0.717, 1.165) is 6.54 Å². The van der Waals surface area contributed by atoms with E-state index in [1.165, 1.54) is 10.5 Å². The van der Waals surface area contributed by atoms with Crippen LogP contribution in [0.15, 0.2) is 35.3 Å². The molecular weight excluding hydrogens is 270 g/mol. The SMILES string of the molecule is NC(=O)C1CNCCN1Cc1cc(=O)n2ccccc2n1. The predicted octanol–water partition coefficient (Wildman–Crippen LogP) is -1.05. The molecule has 2 aromatic heterocycles. The van der Waals surface area contributed by atoms with Crippen molar-refractivity contribution in [1.82, 2.24) is 19.6 Å². The van der Waals surface area contributed by atoms with Crippen molar-refractivity contribution in [2.24, 2.45) is 5.73 Å². The lowest BCUT2D eigenvalue weighted by Crippen LogP contribution is -2.56. The highest BCUT2D eigenvalue weighted by atomic mass is 16.1. The molecule has 0 saturated carbocycles. The Morgan fingerprint density at radius 3 is 3.14 bits per heavy atom. The quantitative estimate of drug-likeness (QED) is 0.752. The summed E-state index contributed by atoms with van der Waals surface area (Å²) in [6.45, 7) is 2.46. The van der Waals surface area contributed by atoms with Crippen LogP contribution >= 0.6 is 0 Å². The van der Waals surface area contributed by atoms with Crippen molar-refractivity contribution in [3.05, 3.63) is 46.5 Å². The number of nitrogens with one attached hydrogen (secondary N) is 1. The van der Waals surface area contributed by atoms with Gasteiger partial charge < -0.3 is 11.1 Å². The number of carbonyl (C=O) groups excluding carboxylic acids is 1. The van der Waals surface area contributed by atoms with E-state index in [9.17, 15) is 9.59 Å². The van der Waals surface area contributed by atoms with Gasteiger partial charge in [-0.3, -0.25) is 18.9 Å². The summed E-state index contributed by atoms with van der Waals surface area (Å²) in [4.78, 5) is 30.0. The minimum atomic E-state index is -0.366. The number of amides is 1. The smallest absolute Gasteiger partial charge is 0.258 e. The minimum Gasteiger partial charge on any atom is -0.368 e. The van der Waals surface area contributed by atoms with Crippen LogP contribution in [0.25, 0.3) is 5.65 Å². The molecule has 1 amide bonds. The van der Waals surface area contributed by atoms with Crippen LogP contribution in [-0.2, 0) is 11.3 Å². The highest BCUT2D eigenvalue weighted by Crippen LogP contribution is 2.08. The number of hydrogen-bond acceptors (Lipinski definition) is 5. The molecule has 1 aliphatic rings. The van der Waals surface area contributed by atoms with Gasteiger partial charge in [-0.25, -0.2) is 4.98 Å². The number of primary amides is 1. The van der Waals surface area contributed by atoms with Crippen LogP contribution in [0.2, 0.25) is 0 Å². The van der Waals surface area contributed by atoms with Crippen molar-refractivity contribution in [3.8, 4) is 0 Å². The number of carbonyl (C=O) groups is 1. The molecule has 0 aliphatic carbocycles. The molecule has 1 fully saturated rings. The second kappa shape index (κ2) is 5.63. The minimum absolute atomic E-state index is 0.124. The third-order valence-electron chi connectivity index (χ3n) is 3.67. The van der Waals surface area contributed by atoms with Crippen LogP contribution in [0.4, 0.5) is 0 Å². The summed E-state index contributed by atoms with van der Waals surface area (Å²) in [7, 11) is 0. The van der Waals surface area contributed by atoms with E-state index in [2.05, 4.69) is 10.3 Å². The van der Waals surface area contributed by atoms with Crippen molar-refractivity contribution in [1.29, 1.82) is 0 Å². The van der Waals surface area contributed by atoms with Gasteiger partial charge >= 0.3 is 0 Å². The zero-order valence-corrected chi connectivity index (χ0v) is 11.5. The summed E-state index contributed by atoms with van der Waals surface area (Å²) in [6.07, 6.45) is 1.69. The number of hydrogen-bond donors (Lipinski definition) is 2. The van der Waals surface area contributed by atoms with Crippen LogP contribution in [-0.4, -0.2) is 45.9 Å². The highest BCUT2D eigenvalue weighted by Gasteiger charge is 2.27. The predicted molar refractivity (Wildman–Crippen MR) is 77.7 cm³/mol. The molecule has 1 saturated heterocycles. The molecule has 1 aliphatic heterocycles. The normalized spacial score (nSPS) is 19.7. The van der Waals surface area contributed by atoms with Crippen molar-refractivity contribution < 1.29 is 4.79 Å². The second-order valence-corrected chi connectivity index (χ2v) is 5.11. The fraction of sp³-hybridized carbons (Fsp3) is 0.357. The van der Waals surface area contributed by atoms with Gasteiger partial charge in [0.1, 0.15) is 11.7 Å². The van der Waals surface area contributed by atoms with Gasteiger partial charge in [-0.15, -0.1) is 0 Å².